The van der Waals surface area contributed by atoms with Crippen LogP contribution in [0.5, 0.6) is 0 Å². The molecular weight excluding hydrogens is 458 g/mol. The molecule has 174 valence electrons. The Kier molecular flexibility index (Phi) is 7.45. The van der Waals surface area contributed by atoms with E-state index in [-0.39, 0.29) is 17.7 Å². The van der Waals surface area contributed by atoms with Crippen LogP contribution in [0.2, 0.25) is 5.02 Å². The molecule has 0 aromatic carbocycles. The summed E-state index contributed by atoms with van der Waals surface area (Å²) in [4.78, 5) is 37.1. The fourth-order valence-corrected chi connectivity index (χ4v) is 5.37. The third kappa shape index (κ3) is 5.45. The number of rotatable bonds is 7. The van der Waals surface area contributed by atoms with Gasteiger partial charge in [-0.1, -0.05) is 11.6 Å². The lowest BCUT2D eigenvalue weighted by atomic mass is 9.89. The summed E-state index contributed by atoms with van der Waals surface area (Å²) >= 11 is 7.70. The number of amides is 2. The van der Waals surface area contributed by atoms with Crippen molar-refractivity contribution in [1.82, 2.24) is 24.8 Å². The van der Waals surface area contributed by atoms with Gasteiger partial charge in [0.25, 0.3) is 11.8 Å². The van der Waals surface area contributed by atoms with Gasteiger partial charge in [0.2, 0.25) is 0 Å². The Hall–Kier alpha value is -2.71. The molecule has 0 radical (unpaired) electrons. The van der Waals surface area contributed by atoms with Crippen molar-refractivity contribution in [3.8, 4) is 0 Å². The van der Waals surface area contributed by atoms with Gasteiger partial charge >= 0.3 is 0 Å². The predicted octanol–water partition coefficient (Wildman–Crippen LogP) is 4.45. The molecule has 0 aliphatic carbocycles. The van der Waals surface area contributed by atoms with Gasteiger partial charge in [-0.3, -0.25) is 14.6 Å². The quantitative estimate of drug-likeness (QED) is 0.501. The Morgan fingerprint density at radius 3 is 2.70 bits per heavy atom. The van der Waals surface area contributed by atoms with E-state index >= 15 is 0 Å². The first-order chi connectivity index (χ1) is 15.9. The normalized spacial score (nSPS) is 14.5. The van der Waals surface area contributed by atoms with E-state index in [9.17, 15) is 9.59 Å². The van der Waals surface area contributed by atoms with Gasteiger partial charge in [0.05, 0.1) is 22.6 Å². The number of pyridine rings is 1. The lowest BCUT2D eigenvalue weighted by Gasteiger charge is -2.32. The lowest BCUT2D eigenvalue weighted by molar-refractivity contribution is 0.0715. The summed E-state index contributed by atoms with van der Waals surface area (Å²) in [7, 11) is 0. The number of piperidine rings is 1. The number of hydrogen-bond acceptors (Lipinski definition) is 5. The van der Waals surface area contributed by atoms with Crippen LogP contribution in [0.15, 0.2) is 36.2 Å². The average Bonchev–Trinajstić information content (AvgIpc) is 3.46. The minimum atomic E-state index is -0.0949. The minimum Gasteiger partial charge on any atom is -0.352 e. The molecule has 9 heteroatoms. The highest BCUT2D eigenvalue weighted by molar-refractivity contribution is 7.13. The van der Waals surface area contributed by atoms with Crippen LogP contribution in [0.4, 0.5) is 0 Å². The van der Waals surface area contributed by atoms with E-state index in [1.807, 2.05) is 47.0 Å². The second-order valence-corrected chi connectivity index (χ2v) is 9.68. The van der Waals surface area contributed by atoms with Crippen LogP contribution in [-0.2, 0) is 6.54 Å². The maximum atomic E-state index is 12.9. The Labute approximate surface area is 202 Å². The van der Waals surface area contributed by atoms with Crippen molar-refractivity contribution >= 4 is 34.8 Å². The van der Waals surface area contributed by atoms with Gasteiger partial charge in [0, 0.05) is 50.2 Å². The van der Waals surface area contributed by atoms with Crippen LogP contribution in [0, 0.1) is 13.8 Å². The average molecular weight is 486 g/mol. The molecule has 0 unspecified atom stereocenters. The number of carbonyl (C=O) groups excluding carboxylic acids is 2. The number of nitrogens with zero attached hydrogens (tertiary/aromatic N) is 4. The molecule has 1 fully saturated rings. The number of nitrogens with one attached hydrogen (secondary N) is 1. The topological polar surface area (TPSA) is 80.1 Å². The highest BCUT2D eigenvalue weighted by Crippen LogP contribution is 2.33. The first-order valence-electron chi connectivity index (χ1n) is 11.2. The molecule has 0 spiro atoms. The lowest BCUT2D eigenvalue weighted by Crippen LogP contribution is -2.38. The summed E-state index contributed by atoms with van der Waals surface area (Å²) in [6.45, 7) is 6.49. The Bertz CT molecular complexity index is 1120. The highest BCUT2D eigenvalue weighted by atomic mass is 35.5. The Morgan fingerprint density at radius 1 is 1.24 bits per heavy atom. The number of likely N-dealkylation sites (tertiary alicyclic amines) is 1. The van der Waals surface area contributed by atoms with E-state index in [2.05, 4.69) is 10.3 Å². The van der Waals surface area contributed by atoms with Crippen LogP contribution < -0.4 is 5.32 Å². The largest absolute Gasteiger partial charge is 0.352 e. The molecule has 1 saturated heterocycles. The van der Waals surface area contributed by atoms with Crippen molar-refractivity contribution in [2.75, 3.05) is 19.6 Å². The number of aryl methyl sites for hydroxylation is 3. The summed E-state index contributed by atoms with van der Waals surface area (Å²) in [6, 6.07) is 3.75. The van der Waals surface area contributed by atoms with Crippen LogP contribution >= 0.6 is 22.9 Å². The zero-order valence-corrected chi connectivity index (χ0v) is 20.5. The minimum absolute atomic E-state index is 0.00962. The monoisotopic (exact) mass is 485 g/mol. The Balaban J connectivity index is 1.37. The molecule has 1 N–H and O–H groups in total. The SMILES string of the molecule is Cc1ccc(C(=O)NCCCn2ccnc2)c(C2CCN(C(=O)c3scc(C)c3Cl)CC2)n1. The first kappa shape index (κ1) is 23.4. The van der Waals surface area contributed by atoms with Gasteiger partial charge in [-0.05, 0) is 56.2 Å². The number of hydrogen-bond donors (Lipinski definition) is 1. The maximum absolute atomic E-state index is 12.9. The first-order valence-corrected chi connectivity index (χ1v) is 12.4. The summed E-state index contributed by atoms with van der Waals surface area (Å²) in [6.07, 6.45) is 7.79. The molecule has 0 saturated carbocycles. The standard InChI is InChI=1S/C24H28ClN5O2S/c1-16-14-33-22(20(16)25)24(32)30-11-6-18(7-12-30)21-19(5-4-17(2)28-21)23(31)27-8-3-10-29-13-9-26-15-29/h4-5,9,13-15,18H,3,6-8,10-12H2,1-2H3,(H,27,31). The molecule has 0 bridgehead atoms. The highest BCUT2D eigenvalue weighted by Gasteiger charge is 2.29. The molecule has 1 aliphatic heterocycles. The van der Waals surface area contributed by atoms with Crippen LogP contribution in [0.25, 0.3) is 0 Å². The van der Waals surface area contributed by atoms with Crippen molar-refractivity contribution in [3.05, 3.63) is 68.6 Å². The Morgan fingerprint density at radius 2 is 2.03 bits per heavy atom. The van der Waals surface area contributed by atoms with Crippen molar-refractivity contribution in [3.63, 3.8) is 0 Å². The van der Waals surface area contributed by atoms with Gasteiger partial charge in [-0.2, -0.15) is 0 Å². The summed E-state index contributed by atoms with van der Waals surface area (Å²) in [5.74, 6) is 0.0354. The van der Waals surface area contributed by atoms with Crippen molar-refractivity contribution in [2.24, 2.45) is 0 Å². The molecule has 1 aliphatic rings. The van der Waals surface area contributed by atoms with Crippen molar-refractivity contribution in [1.29, 1.82) is 0 Å². The second kappa shape index (κ2) is 10.5. The number of imidazole rings is 1. The predicted molar refractivity (Wildman–Crippen MR) is 130 cm³/mol. The van der Waals surface area contributed by atoms with E-state index in [0.29, 0.717) is 35.1 Å². The number of thiophene rings is 1. The molecular formula is C24H28ClN5O2S. The van der Waals surface area contributed by atoms with Gasteiger partial charge in [0.15, 0.2) is 0 Å². The summed E-state index contributed by atoms with van der Waals surface area (Å²) < 4.78 is 1.99. The zero-order chi connectivity index (χ0) is 23.4. The van der Waals surface area contributed by atoms with Crippen molar-refractivity contribution < 1.29 is 9.59 Å². The van der Waals surface area contributed by atoms with Gasteiger partial charge in [-0.25, -0.2) is 4.98 Å². The number of carbonyl (C=O) groups is 2. The van der Waals surface area contributed by atoms with Gasteiger partial charge < -0.3 is 14.8 Å². The van der Waals surface area contributed by atoms with E-state index < -0.39 is 0 Å². The molecule has 2 amide bonds. The summed E-state index contributed by atoms with van der Waals surface area (Å²) in [5, 5.41) is 5.50. The smallest absolute Gasteiger partial charge is 0.265 e. The number of halogens is 1. The fraction of sp³-hybridized carbons (Fsp3) is 0.417. The second-order valence-electron chi connectivity index (χ2n) is 8.42. The number of aromatic nitrogens is 3. The zero-order valence-electron chi connectivity index (χ0n) is 18.9. The molecule has 4 rings (SSSR count). The molecule has 4 heterocycles. The fourth-order valence-electron chi connectivity index (χ4n) is 4.13. The third-order valence-corrected chi connectivity index (χ3v) is 7.69. The third-order valence-electron chi connectivity index (χ3n) is 6.01. The van der Waals surface area contributed by atoms with E-state index in [4.69, 9.17) is 16.6 Å². The van der Waals surface area contributed by atoms with Crippen molar-refractivity contribution in [2.45, 2.75) is 45.6 Å². The van der Waals surface area contributed by atoms with E-state index in [1.165, 1.54) is 11.3 Å². The van der Waals surface area contributed by atoms with E-state index in [0.717, 1.165) is 42.8 Å². The molecule has 3 aromatic rings. The van der Waals surface area contributed by atoms with Gasteiger partial charge in [-0.15, -0.1) is 11.3 Å². The van der Waals surface area contributed by atoms with Crippen LogP contribution in [0.3, 0.4) is 0 Å². The molecule has 3 aromatic heterocycles. The molecule has 0 atom stereocenters. The molecule has 33 heavy (non-hydrogen) atoms. The summed E-state index contributed by atoms with van der Waals surface area (Å²) in [5.41, 5.74) is 3.29. The van der Waals surface area contributed by atoms with E-state index in [1.54, 1.807) is 12.5 Å². The van der Waals surface area contributed by atoms with Crippen LogP contribution in [0.1, 0.15) is 62.2 Å². The maximum Gasteiger partial charge on any atom is 0.265 e. The van der Waals surface area contributed by atoms with Crippen LogP contribution in [-0.4, -0.2) is 50.9 Å². The molecule has 7 nitrogen and oxygen atoms in total. The van der Waals surface area contributed by atoms with Gasteiger partial charge in [0.1, 0.15) is 4.88 Å².